The van der Waals surface area contributed by atoms with Gasteiger partial charge in [-0.25, -0.2) is 0 Å². The number of aromatic hydroxyl groups is 1. The standard InChI is InChI=1S/C13H18N2O3/c1-9-5-6-11(16)10(8-9)13(18)15-7-3-2-4-12(14)17/h5-6,8,16H,2-4,7H2,1H3,(H2,14,17)(H,15,18). The van der Waals surface area contributed by atoms with E-state index in [4.69, 9.17) is 5.73 Å². The molecule has 4 N–H and O–H groups in total. The Bertz CT molecular complexity index is 444. The van der Waals surface area contributed by atoms with E-state index in [1.165, 1.54) is 6.07 Å². The summed E-state index contributed by atoms with van der Waals surface area (Å²) in [5.41, 5.74) is 6.18. The molecule has 0 aromatic heterocycles. The largest absolute Gasteiger partial charge is 0.507 e. The quantitative estimate of drug-likeness (QED) is 0.660. The molecule has 0 heterocycles. The van der Waals surface area contributed by atoms with Crippen LogP contribution >= 0.6 is 0 Å². The Morgan fingerprint density at radius 2 is 2.06 bits per heavy atom. The van der Waals surface area contributed by atoms with Gasteiger partial charge >= 0.3 is 0 Å². The fraction of sp³-hybridized carbons (Fsp3) is 0.385. The van der Waals surface area contributed by atoms with Crippen LogP contribution < -0.4 is 11.1 Å². The van der Waals surface area contributed by atoms with Crippen molar-refractivity contribution in [2.45, 2.75) is 26.2 Å². The van der Waals surface area contributed by atoms with Crippen LogP contribution in [0.15, 0.2) is 18.2 Å². The van der Waals surface area contributed by atoms with Gasteiger partial charge in [-0.05, 0) is 31.9 Å². The Labute approximate surface area is 106 Å². The highest BCUT2D eigenvalue weighted by molar-refractivity contribution is 5.96. The molecular weight excluding hydrogens is 232 g/mol. The Hall–Kier alpha value is -2.04. The molecule has 1 aromatic carbocycles. The van der Waals surface area contributed by atoms with Crippen LogP contribution in [0.4, 0.5) is 0 Å². The van der Waals surface area contributed by atoms with Crippen molar-refractivity contribution >= 4 is 11.8 Å². The lowest BCUT2D eigenvalue weighted by molar-refractivity contribution is -0.118. The van der Waals surface area contributed by atoms with Crippen LogP contribution in [0.25, 0.3) is 0 Å². The summed E-state index contributed by atoms with van der Waals surface area (Å²) in [7, 11) is 0. The number of rotatable bonds is 6. The highest BCUT2D eigenvalue weighted by Crippen LogP contribution is 2.17. The van der Waals surface area contributed by atoms with Gasteiger partial charge in [0.25, 0.3) is 5.91 Å². The Morgan fingerprint density at radius 3 is 2.72 bits per heavy atom. The van der Waals surface area contributed by atoms with Gasteiger partial charge in [0.1, 0.15) is 5.75 Å². The molecule has 0 saturated heterocycles. The summed E-state index contributed by atoms with van der Waals surface area (Å²) >= 11 is 0. The van der Waals surface area contributed by atoms with Crippen LogP contribution in [0.3, 0.4) is 0 Å². The summed E-state index contributed by atoms with van der Waals surface area (Å²) in [6, 6.07) is 4.87. The lowest BCUT2D eigenvalue weighted by Crippen LogP contribution is -2.24. The van der Waals surface area contributed by atoms with E-state index >= 15 is 0 Å². The molecule has 0 spiro atoms. The maximum Gasteiger partial charge on any atom is 0.255 e. The van der Waals surface area contributed by atoms with E-state index in [0.29, 0.717) is 25.8 Å². The number of benzene rings is 1. The van der Waals surface area contributed by atoms with Gasteiger partial charge in [0.2, 0.25) is 5.91 Å². The highest BCUT2D eigenvalue weighted by Gasteiger charge is 2.10. The van der Waals surface area contributed by atoms with Crippen LogP contribution in [0.2, 0.25) is 0 Å². The van der Waals surface area contributed by atoms with Gasteiger partial charge in [0.05, 0.1) is 5.56 Å². The van der Waals surface area contributed by atoms with Gasteiger partial charge in [-0.3, -0.25) is 9.59 Å². The molecular formula is C13H18N2O3. The number of hydrogen-bond acceptors (Lipinski definition) is 3. The number of amides is 2. The van der Waals surface area contributed by atoms with Crippen molar-refractivity contribution in [1.82, 2.24) is 5.32 Å². The minimum Gasteiger partial charge on any atom is -0.507 e. The van der Waals surface area contributed by atoms with Crippen molar-refractivity contribution in [3.8, 4) is 5.75 Å². The molecule has 98 valence electrons. The number of nitrogens with one attached hydrogen (secondary N) is 1. The van der Waals surface area contributed by atoms with Crippen LogP contribution in [-0.2, 0) is 4.79 Å². The van der Waals surface area contributed by atoms with Gasteiger partial charge in [0.15, 0.2) is 0 Å². The normalized spacial score (nSPS) is 10.1. The number of nitrogens with two attached hydrogens (primary N) is 1. The smallest absolute Gasteiger partial charge is 0.255 e. The topological polar surface area (TPSA) is 92.4 Å². The molecule has 0 aliphatic heterocycles. The first-order chi connectivity index (χ1) is 8.50. The van der Waals surface area contributed by atoms with Crippen molar-refractivity contribution in [3.05, 3.63) is 29.3 Å². The molecule has 0 saturated carbocycles. The number of unbranched alkanes of at least 4 members (excludes halogenated alkanes) is 1. The number of aryl methyl sites for hydroxylation is 1. The second kappa shape index (κ2) is 6.64. The molecule has 0 bridgehead atoms. The van der Waals surface area contributed by atoms with Gasteiger partial charge in [-0.2, -0.15) is 0 Å². The van der Waals surface area contributed by atoms with E-state index in [-0.39, 0.29) is 23.1 Å². The molecule has 18 heavy (non-hydrogen) atoms. The average Bonchev–Trinajstić information content (AvgIpc) is 2.31. The van der Waals surface area contributed by atoms with Crippen LogP contribution in [0.1, 0.15) is 35.2 Å². The van der Waals surface area contributed by atoms with Gasteiger partial charge in [-0.15, -0.1) is 0 Å². The van der Waals surface area contributed by atoms with E-state index in [2.05, 4.69) is 5.32 Å². The summed E-state index contributed by atoms with van der Waals surface area (Å²) in [5, 5.41) is 12.2. The molecule has 0 atom stereocenters. The lowest BCUT2D eigenvalue weighted by atomic mass is 10.1. The first kappa shape index (κ1) is 14.0. The molecule has 1 aromatic rings. The van der Waals surface area contributed by atoms with E-state index in [1.54, 1.807) is 12.1 Å². The zero-order chi connectivity index (χ0) is 13.5. The van der Waals surface area contributed by atoms with Crippen LogP contribution in [-0.4, -0.2) is 23.5 Å². The lowest BCUT2D eigenvalue weighted by Gasteiger charge is -2.07. The Morgan fingerprint density at radius 1 is 1.33 bits per heavy atom. The third-order valence-electron chi connectivity index (χ3n) is 2.53. The fourth-order valence-corrected chi connectivity index (χ4v) is 1.55. The van der Waals surface area contributed by atoms with E-state index in [9.17, 15) is 14.7 Å². The molecule has 0 radical (unpaired) electrons. The number of carbonyl (C=O) groups is 2. The first-order valence-electron chi connectivity index (χ1n) is 5.87. The van der Waals surface area contributed by atoms with E-state index in [1.807, 2.05) is 6.92 Å². The van der Waals surface area contributed by atoms with Crippen molar-refractivity contribution in [1.29, 1.82) is 0 Å². The molecule has 0 aliphatic carbocycles. The zero-order valence-corrected chi connectivity index (χ0v) is 10.4. The predicted octanol–water partition coefficient (Wildman–Crippen LogP) is 1.09. The highest BCUT2D eigenvalue weighted by atomic mass is 16.3. The Kier molecular flexibility index (Phi) is 5.17. The van der Waals surface area contributed by atoms with E-state index < -0.39 is 0 Å². The number of hydrogen-bond donors (Lipinski definition) is 3. The van der Waals surface area contributed by atoms with Gasteiger partial charge in [-0.1, -0.05) is 11.6 Å². The monoisotopic (exact) mass is 250 g/mol. The van der Waals surface area contributed by atoms with Crippen LogP contribution in [0, 0.1) is 6.92 Å². The number of phenols is 1. The summed E-state index contributed by atoms with van der Waals surface area (Å²) in [6.07, 6.45) is 1.65. The zero-order valence-electron chi connectivity index (χ0n) is 10.4. The SMILES string of the molecule is Cc1ccc(O)c(C(=O)NCCCCC(N)=O)c1. The first-order valence-corrected chi connectivity index (χ1v) is 5.87. The molecule has 0 aliphatic rings. The fourth-order valence-electron chi connectivity index (χ4n) is 1.55. The summed E-state index contributed by atoms with van der Waals surface area (Å²) in [6.45, 7) is 2.31. The minimum absolute atomic E-state index is 0.0322. The summed E-state index contributed by atoms with van der Waals surface area (Å²) in [5.74, 6) is -0.678. The molecule has 2 amide bonds. The second-order valence-corrected chi connectivity index (χ2v) is 4.20. The third kappa shape index (κ3) is 4.45. The molecule has 5 heteroatoms. The minimum atomic E-state index is -0.336. The third-order valence-corrected chi connectivity index (χ3v) is 2.53. The maximum absolute atomic E-state index is 11.8. The number of phenolic OH excluding ortho intramolecular Hbond substituents is 1. The average molecular weight is 250 g/mol. The van der Waals surface area contributed by atoms with Crippen molar-refractivity contribution in [2.24, 2.45) is 5.73 Å². The molecule has 1 rings (SSSR count). The Balaban J connectivity index is 2.41. The molecule has 5 nitrogen and oxygen atoms in total. The molecule has 0 fully saturated rings. The van der Waals surface area contributed by atoms with Gasteiger partial charge < -0.3 is 16.2 Å². The molecule has 0 unspecified atom stereocenters. The van der Waals surface area contributed by atoms with E-state index in [0.717, 1.165) is 5.56 Å². The van der Waals surface area contributed by atoms with Gasteiger partial charge in [0, 0.05) is 13.0 Å². The second-order valence-electron chi connectivity index (χ2n) is 4.20. The van der Waals surface area contributed by atoms with Crippen molar-refractivity contribution in [2.75, 3.05) is 6.54 Å². The van der Waals surface area contributed by atoms with Crippen molar-refractivity contribution < 1.29 is 14.7 Å². The number of primary amides is 1. The maximum atomic E-state index is 11.8. The number of carbonyl (C=O) groups excluding carboxylic acids is 2. The summed E-state index contributed by atoms with van der Waals surface area (Å²) in [4.78, 5) is 22.3. The predicted molar refractivity (Wildman–Crippen MR) is 68.2 cm³/mol. The summed E-state index contributed by atoms with van der Waals surface area (Å²) < 4.78 is 0. The van der Waals surface area contributed by atoms with Crippen LogP contribution in [0.5, 0.6) is 5.75 Å². The van der Waals surface area contributed by atoms with Crippen molar-refractivity contribution in [3.63, 3.8) is 0 Å².